The van der Waals surface area contributed by atoms with Crippen molar-refractivity contribution in [2.45, 2.75) is 13.0 Å². The van der Waals surface area contributed by atoms with Crippen molar-refractivity contribution in [3.8, 4) is 10.4 Å². The lowest BCUT2D eigenvalue weighted by Gasteiger charge is -2.18. The summed E-state index contributed by atoms with van der Waals surface area (Å²) in [6.45, 7) is 0.446. The molecule has 2 heterocycles. The predicted molar refractivity (Wildman–Crippen MR) is 115 cm³/mol. The number of rotatable bonds is 7. The third kappa shape index (κ3) is 5.11. The zero-order valence-corrected chi connectivity index (χ0v) is 17.6. The average molecular weight is 442 g/mol. The second kappa shape index (κ2) is 9.82. The summed E-state index contributed by atoms with van der Waals surface area (Å²) in [5.41, 5.74) is 7.60. The molecule has 0 aliphatic carbocycles. The fourth-order valence-electron chi connectivity index (χ4n) is 2.88. The van der Waals surface area contributed by atoms with Crippen LogP contribution in [-0.2, 0) is 13.0 Å². The molecule has 0 fully saturated rings. The van der Waals surface area contributed by atoms with Crippen molar-refractivity contribution in [3.05, 3.63) is 69.2 Å². The number of aromatic nitrogens is 3. The Labute approximate surface area is 177 Å². The quantitative estimate of drug-likeness (QED) is 0.589. The van der Waals surface area contributed by atoms with Crippen LogP contribution in [0, 0.1) is 5.82 Å². The summed E-state index contributed by atoms with van der Waals surface area (Å²) in [7, 11) is 3.53. The summed E-state index contributed by atoms with van der Waals surface area (Å²) in [5, 5.41) is 6.08. The minimum Gasteiger partial charge on any atom is -0.375 e. The molecule has 0 aliphatic heterocycles. The van der Waals surface area contributed by atoms with Crippen molar-refractivity contribution < 1.29 is 8.78 Å². The third-order valence-corrected chi connectivity index (χ3v) is 5.46. The van der Waals surface area contributed by atoms with E-state index in [0.29, 0.717) is 29.7 Å². The van der Waals surface area contributed by atoms with E-state index in [1.54, 1.807) is 25.1 Å². The van der Waals surface area contributed by atoms with Gasteiger partial charge in [0.05, 0.1) is 18.6 Å². The van der Waals surface area contributed by atoms with Crippen LogP contribution in [-0.4, -0.2) is 35.4 Å². The van der Waals surface area contributed by atoms with Crippen molar-refractivity contribution in [2.24, 2.45) is 5.73 Å². The molecule has 0 unspecified atom stereocenters. The molecule has 0 aliphatic rings. The molecule has 2 aromatic heterocycles. The number of hydrogen-bond donors (Lipinski definition) is 2. The molecule has 10 heteroatoms. The zero-order chi connectivity index (χ0) is 20.3. The van der Waals surface area contributed by atoms with Gasteiger partial charge in [0.2, 0.25) is 0 Å². The molecule has 156 valence electrons. The highest BCUT2D eigenvalue weighted by Crippen LogP contribution is 2.36. The molecule has 3 rings (SSSR count). The maximum atomic E-state index is 14.5. The van der Waals surface area contributed by atoms with E-state index in [4.69, 9.17) is 5.73 Å². The second-order valence-electron chi connectivity index (χ2n) is 6.56. The fraction of sp³-hybridized carbons (Fsp3) is 0.263. The van der Waals surface area contributed by atoms with Gasteiger partial charge in [0.25, 0.3) is 0 Å². The van der Waals surface area contributed by atoms with Crippen LogP contribution >= 0.6 is 23.7 Å². The van der Waals surface area contributed by atoms with Gasteiger partial charge >= 0.3 is 5.69 Å². The highest BCUT2D eigenvalue weighted by atomic mass is 35.5. The maximum Gasteiger partial charge on any atom is 0.343 e. The minimum absolute atomic E-state index is 0. The second-order valence-corrected chi connectivity index (χ2v) is 7.73. The van der Waals surface area contributed by atoms with Crippen LogP contribution in [0.2, 0.25) is 0 Å². The number of nitrogens with two attached hydrogens (primary N) is 1. The van der Waals surface area contributed by atoms with Gasteiger partial charge in [0.15, 0.2) is 0 Å². The molecule has 0 saturated carbocycles. The minimum atomic E-state index is -0.374. The highest BCUT2D eigenvalue weighted by molar-refractivity contribution is 7.15. The van der Waals surface area contributed by atoms with Crippen molar-refractivity contribution >= 4 is 29.4 Å². The first-order valence-electron chi connectivity index (χ1n) is 8.59. The fourth-order valence-corrected chi connectivity index (χ4v) is 3.94. The van der Waals surface area contributed by atoms with Crippen LogP contribution in [0.15, 0.2) is 47.3 Å². The molecule has 0 bridgehead atoms. The SMILES string of the molecule is CN(C)c1cc(-c2ccc(Cn3cn[nH]c3=O)s2)c(C/C(=C\F)CN)cc1F.Cl. The number of anilines is 1. The largest absolute Gasteiger partial charge is 0.375 e. The standard InChI is InChI=1S/C19H21F2N5OS.ClH/c1-25(2)17-7-15(13(6-16(17)21)5-12(8-20)9-22)18-4-3-14(28-18)10-26-11-23-24-19(26)27;/h3-4,6-8,11H,5,9-10,22H2,1-2H3,(H,24,27);1H/b12-8+;. The first kappa shape index (κ1) is 22.8. The van der Waals surface area contributed by atoms with E-state index in [9.17, 15) is 13.6 Å². The van der Waals surface area contributed by atoms with E-state index >= 15 is 0 Å². The number of aromatic amines is 1. The number of benzene rings is 1. The van der Waals surface area contributed by atoms with E-state index in [0.717, 1.165) is 15.3 Å². The lowest BCUT2D eigenvalue weighted by molar-refractivity contribution is 0.624. The maximum absolute atomic E-state index is 14.5. The molecule has 0 saturated heterocycles. The van der Waals surface area contributed by atoms with Crippen LogP contribution in [0.4, 0.5) is 14.5 Å². The molecule has 1 aromatic carbocycles. The molecular formula is C19H22ClF2N5OS. The van der Waals surface area contributed by atoms with Gasteiger partial charge in [-0.05, 0) is 47.4 Å². The topological polar surface area (TPSA) is 79.9 Å². The van der Waals surface area contributed by atoms with Crippen molar-refractivity contribution in [3.63, 3.8) is 0 Å². The van der Waals surface area contributed by atoms with Gasteiger partial charge in [0, 0.05) is 30.4 Å². The van der Waals surface area contributed by atoms with Crippen LogP contribution in [0.3, 0.4) is 0 Å². The van der Waals surface area contributed by atoms with Crippen LogP contribution in [0.1, 0.15) is 10.4 Å². The van der Waals surface area contributed by atoms with Crippen molar-refractivity contribution in [1.29, 1.82) is 0 Å². The Morgan fingerprint density at radius 1 is 1.38 bits per heavy atom. The summed E-state index contributed by atoms with van der Waals surface area (Å²) in [5.74, 6) is -0.374. The van der Waals surface area contributed by atoms with Gasteiger partial charge in [-0.2, -0.15) is 5.10 Å². The lowest BCUT2D eigenvalue weighted by atomic mass is 9.98. The number of halogens is 3. The zero-order valence-electron chi connectivity index (χ0n) is 16.0. The van der Waals surface area contributed by atoms with Gasteiger partial charge < -0.3 is 10.6 Å². The highest BCUT2D eigenvalue weighted by Gasteiger charge is 2.16. The van der Waals surface area contributed by atoms with Crippen LogP contribution < -0.4 is 16.3 Å². The molecule has 6 nitrogen and oxygen atoms in total. The van der Waals surface area contributed by atoms with E-state index in [1.165, 1.54) is 28.3 Å². The monoisotopic (exact) mass is 441 g/mol. The molecular weight excluding hydrogens is 420 g/mol. The first-order valence-corrected chi connectivity index (χ1v) is 9.41. The smallest absolute Gasteiger partial charge is 0.343 e. The van der Waals surface area contributed by atoms with Gasteiger partial charge in [-0.25, -0.2) is 18.7 Å². The number of thiophene rings is 1. The Morgan fingerprint density at radius 3 is 2.72 bits per heavy atom. The number of nitrogens with one attached hydrogen (secondary N) is 1. The van der Waals surface area contributed by atoms with Gasteiger partial charge in [-0.1, -0.05) is 0 Å². The van der Waals surface area contributed by atoms with Crippen LogP contribution in [0.5, 0.6) is 0 Å². The molecule has 0 radical (unpaired) electrons. The van der Waals surface area contributed by atoms with E-state index in [-0.39, 0.29) is 36.9 Å². The van der Waals surface area contributed by atoms with E-state index in [2.05, 4.69) is 10.2 Å². The third-order valence-electron chi connectivity index (χ3n) is 4.36. The molecule has 3 aromatic rings. The summed E-state index contributed by atoms with van der Waals surface area (Å²) in [6.07, 6.45) is 2.14. The Morgan fingerprint density at radius 2 is 2.14 bits per heavy atom. The Kier molecular flexibility index (Phi) is 7.72. The summed E-state index contributed by atoms with van der Waals surface area (Å²) in [4.78, 5) is 15.2. The van der Waals surface area contributed by atoms with Gasteiger partial charge in [-0.3, -0.25) is 4.57 Å². The molecule has 0 amide bonds. The Bertz CT molecular complexity index is 1060. The molecule has 29 heavy (non-hydrogen) atoms. The number of hydrogen-bond acceptors (Lipinski definition) is 5. The average Bonchev–Trinajstić information content (AvgIpc) is 3.29. The van der Waals surface area contributed by atoms with Crippen molar-refractivity contribution in [1.82, 2.24) is 14.8 Å². The summed E-state index contributed by atoms with van der Waals surface area (Å²) in [6, 6.07) is 7.03. The molecule has 3 N–H and O–H groups in total. The van der Waals surface area contributed by atoms with E-state index < -0.39 is 0 Å². The number of H-pyrrole nitrogens is 1. The van der Waals surface area contributed by atoms with E-state index in [1.807, 2.05) is 12.1 Å². The normalized spacial score (nSPS) is 11.4. The van der Waals surface area contributed by atoms with Gasteiger partial charge in [-0.15, -0.1) is 23.7 Å². The summed E-state index contributed by atoms with van der Waals surface area (Å²) < 4.78 is 29.0. The molecule has 0 atom stereocenters. The lowest BCUT2D eigenvalue weighted by Crippen LogP contribution is -2.16. The number of nitrogens with zero attached hydrogens (tertiary/aromatic N) is 3. The predicted octanol–water partition coefficient (Wildman–Crippen LogP) is 3.33. The first-order chi connectivity index (χ1) is 13.4. The van der Waals surface area contributed by atoms with Gasteiger partial charge in [0.1, 0.15) is 12.1 Å². The van der Waals surface area contributed by atoms with Crippen molar-refractivity contribution in [2.75, 3.05) is 25.5 Å². The van der Waals surface area contributed by atoms with Crippen LogP contribution in [0.25, 0.3) is 10.4 Å². The molecule has 0 spiro atoms. The Hall–Kier alpha value is -2.49. The Balaban J connectivity index is 0.00000300. The summed E-state index contributed by atoms with van der Waals surface area (Å²) >= 11 is 1.49.